The van der Waals surface area contributed by atoms with Crippen LogP contribution in [0.25, 0.3) is 0 Å². The summed E-state index contributed by atoms with van der Waals surface area (Å²) >= 11 is 0. The molecule has 3 N–H and O–H groups in total. The van der Waals surface area contributed by atoms with Crippen molar-refractivity contribution in [3.8, 4) is 5.75 Å². The molecule has 0 bridgehead atoms. The van der Waals surface area contributed by atoms with Crippen LogP contribution in [0.4, 0.5) is 5.69 Å². The Labute approximate surface area is 141 Å². The van der Waals surface area contributed by atoms with E-state index in [2.05, 4.69) is 10.6 Å². The van der Waals surface area contributed by atoms with Crippen LogP contribution in [0.3, 0.4) is 0 Å². The zero-order valence-electron chi connectivity index (χ0n) is 13.7. The summed E-state index contributed by atoms with van der Waals surface area (Å²) in [5.41, 5.74) is 2.34. The fourth-order valence-electron chi connectivity index (χ4n) is 2.62. The van der Waals surface area contributed by atoms with Crippen molar-refractivity contribution in [1.29, 1.82) is 0 Å². The molecule has 2 aromatic carbocycles. The molecule has 1 aliphatic rings. The highest BCUT2D eigenvalue weighted by atomic mass is 16.5. The number of aliphatic hydroxyl groups excluding tert-OH is 1. The van der Waals surface area contributed by atoms with E-state index in [0.717, 1.165) is 24.1 Å². The van der Waals surface area contributed by atoms with Gasteiger partial charge >= 0.3 is 0 Å². The van der Waals surface area contributed by atoms with Gasteiger partial charge in [0.2, 0.25) is 5.91 Å². The predicted octanol–water partition coefficient (Wildman–Crippen LogP) is 2.62. The SMILES string of the molecule is COc1ccc(N[C@@H](C(=O)NC2CC2)c2ccccc2)cc1CO. The summed E-state index contributed by atoms with van der Waals surface area (Å²) in [6.45, 7) is -0.122. The Bertz CT molecular complexity index is 699. The van der Waals surface area contributed by atoms with Gasteiger partial charge in [0, 0.05) is 17.3 Å². The van der Waals surface area contributed by atoms with Crippen molar-refractivity contribution in [2.75, 3.05) is 12.4 Å². The van der Waals surface area contributed by atoms with Gasteiger partial charge in [0.05, 0.1) is 13.7 Å². The van der Waals surface area contributed by atoms with Gasteiger partial charge < -0.3 is 20.5 Å². The molecule has 2 aromatic rings. The number of carbonyl (C=O) groups excluding carboxylic acids is 1. The number of carbonyl (C=O) groups is 1. The molecule has 5 nitrogen and oxygen atoms in total. The number of methoxy groups -OCH3 is 1. The molecule has 5 heteroatoms. The van der Waals surface area contributed by atoms with Crippen molar-refractivity contribution < 1.29 is 14.6 Å². The molecule has 0 saturated heterocycles. The minimum atomic E-state index is -0.480. The molecular formula is C19H22N2O3. The molecule has 3 rings (SSSR count). The summed E-state index contributed by atoms with van der Waals surface area (Å²) in [5, 5.41) is 15.8. The Hall–Kier alpha value is -2.53. The Balaban J connectivity index is 1.84. The maximum absolute atomic E-state index is 12.6. The smallest absolute Gasteiger partial charge is 0.247 e. The average molecular weight is 326 g/mol. The van der Waals surface area contributed by atoms with Crippen molar-refractivity contribution >= 4 is 11.6 Å². The third-order valence-corrected chi connectivity index (χ3v) is 4.08. The largest absolute Gasteiger partial charge is 0.496 e. The number of ether oxygens (including phenoxy) is 1. The molecule has 1 saturated carbocycles. The number of anilines is 1. The molecule has 1 aliphatic carbocycles. The summed E-state index contributed by atoms with van der Waals surface area (Å²) < 4.78 is 5.22. The van der Waals surface area contributed by atoms with Crippen LogP contribution in [0, 0.1) is 0 Å². The van der Waals surface area contributed by atoms with Crippen LogP contribution in [0.15, 0.2) is 48.5 Å². The van der Waals surface area contributed by atoms with Crippen LogP contribution in [-0.2, 0) is 11.4 Å². The highest BCUT2D eigenvalue weighted by molar-refractivity contribution is 5.86. The number of aliphatic hydroxyl groups is 1. The molecule has 0 aromatic heterocycles. The standard InChI is InChI=1S/C19H22N2O3/c1-24-17-10-9-16(11-14(17)12-22)20-18(13-5-3-2-4-6-13)19(23)21-15-7-8-15/h2-6,9-11,15,18,20,22H,7-8,12H2,1H3,(H,21,23)/t18-/m1/s1. The highest BCUT2D eigenvalue weighted by Gasteiger charge is 2.28. The third kappa shape index (κ3) is 3.86. The van der Waals surface area contributed by atoms with E-state index < -0.39 is 6.04 Å². The molecule has 0 spiro atoms. The van der Waals surface area contributed by atoms with E-state index in [4.69, 9.17) is 4.74 Å². The molecule has 24 heavy (non-hydrogen) atoms. The van der Waals surface area contributed by atoms with Crippen molar-refractivity contribution in [3.05, 3.63) is 59.7 Å². The normalized spacial score (nSPS) is 14.8. The number of hydrogen-bond donors (Lipinski definition) is 3. The van der Waals surface area contributed by atoms with Gasteiger partial charge in [-0.2, -0.15) is 0 Å². The summed E-state index contributed by atoms with van der Waals surface area (Å²) in [6.07, 6.45) is 2.09. The molecule has 0 heterocycles. The van der Waals surface area contributed by atoms with Gasteiger partial charge in [0.1, 0.15) is 11.8 Å². The second kappa shape index (κ2) is 7.36. The lowest BCUT2D eigenvalue weighted by molar-refractivity contribution is -0.122. The summed E-state index contributed by atoms with van der Waals surface area (Å²) in [4.78, 5) is 12.6. The van der Waals surface area contributed by atoms with Crippen molar-refractivity contribution in [2.45, 2.75) is 31.5 Å². The lowest BCUT2D eigenvalue weighted by atomic mass is 10.1. The van der Waals surface area contributed by atoms with Crippen LogP contribution in [0.5, 0.6) is 5.75 Å². The summed E-state index contributed by atoms with van der Waals surface area (Å²) in [5.74, 6) is 0.590. The summed E-state index contributed by atoms with van der Waals surface area (Å²) in [6, 6.07) is 14.9. The Morgan fingerprint density at radius 2 is 2.00 bits per heavy atom. The van der Waals surface area contributed by atoms with Gasteiger partial charge in [0.15, 0.2) is 0 Å². The highest BCUT2D eigenvalue weighted by Crippen LogP contribution is 2.27. The van der Waals surface area contributed by atoms with Crippen molar-refractivity contribution in [1.82, 2.24) is 5.32 Å². The molecule has 0 aliphatic heterocycles. The zero-order chi connectivity index (χ0) is 16.9. The van der Waals surface area contributed by atoms with Crippen LogP contribution < -0.4 is 15.4 Å². The van der Waals surface area contributed by atoms with Gasteiger partial charge in [-0.25, -0.2) is 0 Å². The molecule has 1 amide bonds. The number of nitrogens with one attached hydrogen (secondary N) is 2. The van der Waals surface area contributed by atoms with Crippen LogP contribution in [0.1, 0.15) is 30.0 Å². The predicted molar refractivity (Wildman–Crippen MR) is 92.9 cm³/mol. The maximum Gasteiger partial charge on any atom is 0.247 e. The summed E-state index contributed by atoms with van der Waals surface area (Å²) in [7, 11) is 1.57. The van der Waals surface area contributed by atoms with E-state index in [1.54, 1.807) is 19.2 Å². The number of rotatable bonds is 7. The molecule has 1 atom stereocenters. The monoisotopic (exact) mass is 326 g/mol. The first-order chi connectivity index (χ1) is 11.7. The molecular weight excluding hydrogens is 304 g/mol. The first-order valence-corrected chi connectivity index (χ1v) is 8.11. The van der Waals surface area contributed by atoms with E-state index in [-0.39, 0.29) is 12.5 Å². The topological polar surface area (TPSA) is 70.6 Å². The number of benzene rings is 2. The first kappa shape index (κ1) is 16.3. The van der Waals surface area contributed by atoms with Crippen LogP contribution >= 0.6 is 0 Å². The molecule has 1 fully saturated rings. The van der Waals surface area contributed by atoms with Gasteiger partial charge in [-0.05, 0) is 36.6 Å². The van der Waals surface area contributed by atoms with Crippen molar-refractivity contribution in [2.24, 2.45) is 0 Å². The van der Waals surface area contributed by atoms with Crippen LogP contribution in [0.2, 0.25) is 0 Å². The Morgan fingerprint density at radius 3 is 2.62 bits per heavy atom. The van der Waals surface area contributed by atoms with Crippen molar-refractivity contribution in [3.63, 3.8) is 0 Å². The van der Waals surface area contributed by atoms with Gasteiger partial charge in [-0.3, -0.25) is 4.79 Å². The van der Waals surface area contributed by atoms with Gasteiger partial charge in [0.25, 0.3) is 0 Å². The Morgan fingerprint density at radius 1 is 1.25 bits per heavy atom. The van der Waals surface area contributed by atoms with Gasteiger partial charge in [-0.15, -0.1) is 0 Å². The average Bonchev–Trinajstić information content (AvgIpc) is 3.44. The van der Waals surface area contributed by atoms with E-state index in [1.807, 2.05) is 36.4 Å². The van der Waals surface area contributed by atoms with Gasteiger partial charge in [-0.1, -0.05) is 30.3 Å². The lowest BCUT2D eigenvalue weighted by Gasteiger charge is -2.21. The second-order valence-corrected chi connectivity index (χ2v) is 5.96. The lowest BCUT2D eigenvalue weighted by Crippen LogP contribution is -2.34. The quantitative estimate of drug-likeness (QED) is 0.731. The van der Waals surface area contributed by atoms with E-state index in [0.29, 0.717) is 17.4 Å². The van der Waals surface area contributed by atoms with E-state index >= 15 is 0 Å². The molecule has 126 valence electrons. The first-order valence-electron chi connectivity index (χ1n) is 8.11. The van der Waals surface area contributed by atoms with E-state index in [9.17, 15) is 9.90 Å². The second-order valence-electron chi connectivity index (χ2n) is 5.96. The third-order valence-electron chi connectivity index (χ3n) is 4.08. The van der Waals surface area contributed by atoms with E-state index in [1.165, 1.54) is 0 Å². The minimum Gasteiger partial charge on any atom is -0.496 e. The van der Waals surface area contributed by atoms with Crippen LogP contribution in [-0.4, -0.2) is 24.2 Å². The molecule has 0 radical (unpaired) electrons. The fourth-order valence-corrected chi connectivity index (χ4v) is 2.62. The minimum absolute atomic E-state index is 0.0370. The number of amides is 1. The molecule has 0 unspecified atom stereocenters. The fraction of sp³-hybridized carbons (Fsp3) is 0.316. The number of hydrogen-bond acceptors (Lipinski definition) is 4. The Kier molecular flexibility index (Phi) is 5.01. The maximum atomic E-state index is 12.6. The zero-order valence-corrected chi connectivity index (χ0v) is 13.7.